The topological polar surface area (TPSA) is 221 Å². The van der Waals surface area contributed by atoms with E-state index < -0.39 is 35.8 Å². The lowest BCUT2D eigenvalue weighted by Gasteiger charge is -2.33. The Morgan fingerprint density at radius 1 is 0.690 bits per heavy atom. The van der Waals surface area contributed by atoms with Crippen LogP contribution in [0.4, 0.5) is 0 Å². The molecule has 3 amide bonds. The molecule has 42 heavy (non-hydrogen) atoms. The maximum atomic E-state index is 13.0. The van der Waals surface area contributed by atoms with Crippen molar-refractivity contribution < 1.29 is 48.8 Å². The van der Waals surface area contributed by atoms with Gasteiger partial charge >= 0.3 is 17.9 Å². The zero-order chi connectivity index (χ0) is 31.5. The monoisotopic (exact) mass is 603 g/mol. The molecule has 17 nitrogen and oxygen atoms in total. The van der Waals surface area contributed by atoms with Gasteiger partial charge < -0.3 is 36.0 Å². The molecule has 1 rings (SSSR count). The first kappa shape index (κ1) is 36.6. The van der Waals surface area contributed by atoms with Crippen LogP contribution in [0.25, 0.3) is 0 Å². The molecule has 0 aliphatic carbocycles. The van der Waals surface area contributed by atoms with E-state index in [0.29, 0.717) is 13.2 Å². The van der Waals surface area contributed by atoms with Crippen molar-refractivity contribution in [3.05, 3.63) is 0 Å². The van der Waals surface area contributed by atoms with E-state index in [0.717, 1.165) is 0 Å². The Morgan fingerprint density at radius 3 is 1.45 bits per heavy atom. The van der Waals surface area contributed by atoms with E-state index in [-0.39, 0.29) is 97.3 Å². The van der Waals surface area contributed by atoms with Crippen molar-refractivity contribution in [1.29, 1.82) is 0 Å². The van der Waals surface area contributed by atoms with Crippen LogP contribution >= 0.6 is 0 Å². The highest BCUT2D eigenvalue weighted by Crippen LogP contribution is 2.03. The molecule has 1 fully saturated rings. The molecule has 6 N–H and O–H groups in total. The second kappa shape index (κ2) is 20.5. The number of ether oxygens (including phenoxy) is 1. The van der Waals surface area contributed by atoms with Crippen LogP contribution in [-0.2, 0) is 33.5 Å². The third-order valence-electron chi connectivity index (χ3n) is 6.56. The number of nitrogens with zero attached hydrogens (tertiary/aromatic N) is 4. The van der Waals surface area contributed by atoms with Gasteiger partial charge in [0.15, 0.2) is 0 Å². The van der Waals surface area contributed by atoms with Gasteiger partial charge in [-0.25, -0.2) is 0 Å². The fourth-order valence-corrected chi connectivity index (χ4v) is 4.33. The normalized spacial score (nSPS) is 17.3. The van der Waals surface area contributed by atoms with E-state index in [9.17, 15) is 44.1 Å². The standard InChI is InChI=1S/C25H45N7O10/c1-26-25(41)19(3-4-20(33)27-5-14-42-2)28-21(34)15-29-6-8-30(16-22(35)36)10-12-32(18-24(39)40)13-11-31(9-7-29)17-23(37)38/h19H,3-18H2,1-2H3,(H,26,41)(H,27,33)(H,28,34)(H,35,36)(H,37,38)(H,39,40). The molecule has 1 saturated heterocycles. The number of nitrogens with one attached hydrogen (secondary N) is 3. The Balaban J connectivity index is 2.96. The van der Waals surface area contributed by atoms with Crippen LogP contribution in [0.5, 0.6) is 0 Å². The number of carbonyl (C=O) groups excluding carboxylic acids is 3. The van der Waals surface area contributed by atoms with Gasteiger partial charge in [-0.1, -0.05) is 0 Å². The van der Waals surface area contributed by atoms with Crippen molar-refractivity contribution >= 4 is 35.6 Å². The number of carbonyl (C=O) groups is 6. The molecule has 0 spiro atoms. The number of carboxylic acid groups (broad SMARTS) is 3. The number of aliphatic carboxylic acids is 3. The summed E-state index contributed by atoms with van der Waals surface area (Å²) in [6.07, 6.45) is 0.0643. The summed E-state index contributed by atoms with van der Waals surface area (Å²) in [5, 5.41) is 35.8. The minimum Gasteiger partial charge on any atom is -0.480 e. The quantitative estimate of drug-likeness (QED) is 0.0933. The van der Waals surface area contributed by atoms with Crippen LogP contribution < -0.4 is 16.0 Å². The van der Waals surface area contributed by atoms with Crippen LogP contribution in [0.1, 0.15) is 12.8 Å². The highest BCUT2D eigenvalue weighted by Gasteiger charge is 2.24. The first-order chi connectivity index (χ1) is 19.9. The number of likely N-dealkylation sites (N-methyl/N-ethyl adjacent to an activating group) is 1. The summed E-state index contributed by atoms with van der Waals surface area (Å²) in [4.78, 5) is 78.3. The van der Waals surface area contributed by atoms with E-state index in [4.69, 9.17) is 4.74 Å². The Bertz CT molecular complexity index is 875. The Morgan fingerprint density at radius 2 is 1.10 bits per heavy atom. The summed E-state index contributed by atoms with van der Waals surface area (Å²) in [6, 6.07) is -0.963. The van der Waals surface area contributed by atoms with E-state index in [1.807, 2.05) is 0 Å². The van der Waals surface area contributed by atoms with Crippen molar-refractivity contribution in [3.8, 4) is 0 Å². The molecule has 0 radical (unpaired) electrons. The van der Waals surface area contributed by atoms with Gasteiger partial charge in [-0.2, -0.15) is 0 Å². The Labute approximate surface area is 245 Å². The number of carboxylic acids is 3. The zero-order valence-electron chi connectivity index (χ0n) is 24.4. The molecule has 0 saturated carbocycles. The smallest absolute Gasteiger partial charge is 0.317 e. The second-order valence-corrected chi connectivity index (χ2v) is 9.90. The maximum absolute atomic E-state index is 13.0. The second-order valence-electron chi connectivity index (χ2n) is 9.90. The molecule has 0 aromatic rings. The summed E-state index contributed by atoms with van der Waals surface area (Å²) in [6.45, 7) is 1.71. The highest BCUT2D eigenvalue weighted by molar-refractivity contribution is 5.88. The van der Waals surface area contributed by atoms with Crippen molar-refractivity contribution in [2.45, 2.75) is 18.9 Å². The molecular weight excluding hydrogens is 558 g/mol. The Kier molecular flexibility index (Phi) is 17.9. The molecule has 1 aliphatic heterocycles. The van der Waals surface area contributed by atoms with Crippen LogP contribution in [-0.4, -0.2) is 182 Å². The highest BCUT2D eigenvalue weighted by atomic mass is 16.5. The first-order valence-electron chi connectivity index (χ1n) is 13.7. The third kappa shape index (κ3) is 16.8. The average molecular weight is 604 g/mol. The fourth-order valence-electron chi connectivity index (χ4n) is 4.33. The van der Waals surface area contributed by atoms with Gasteiger partial charge in [-0.15, -0.1) is 0 Å². The molecule has 1 unspecified atom stereocenters. The van der Waals surface area contributed by atoms with Gasteiger partial charge in [0, 0.05) is 79.5 Å². The van der Waals surface area contributed by atoms with Crippen LogP contribution in [0, 0.1) is 0 Å². The predicted octanol–water partition coefficient (Wildman–Crippen LogP) is -3.76. The van der Waals surface area contributed by atoms with Crippen molar-refractivity contribution in [1.82, 2.24) is 35.6 Å². The Hall–Kier alpha value is -3.38. The largest absolute Gasteiger partial charge is 0.480 e. The zero-order valence-corrected chi connectivity index (χ0v) is 24.4. The van der Waals surface area contributed by atoms with E-state index in [2.05, 4.69) is 16.0 Å². The molecular formula is C25H45N7O10. The van der Waals surface area contributed by atoms with Crippen LogP contribution in [0.2, 0.25) is 0 Å². The lowest BCUT2D eigenvalue weighted by Crippen LogP contribution is -2.52. The third-order valence-corrected chi connectivity index (χ3v) is 6.56. The van der Waals surface area contributed by atoms with E-state index in [1.54, 1.807) is 19.6 Å². The van der Waals surface area contributed by atoms with Crippen molar-refractivity contribution in [3.63, 3.8) is 0 Å². The van der Waals surface area contributed by atoms with Crippen LogP contribution in [0.15, 0.2) is 0 Å². The van der Waals surface area contributed by atoms with Gasteiger partial charge in [-0.3, -0.25) is 48.4 Å². The first-order valence-corrected chi connectivity index (χ1v) is 13.7. The van der Waals surface area contributed by atoms with Gasteiger partial charge in [-0.05, 0) is 6.42 Å². The van der Waals surface area contributed by atoms with Crippen molar-refractivity contribution in [2.75, 3.05) is 106 Å². The SMILES string of the molecule is CNC(=O)C(CCC(=O)NCCOC)NC(=O)CN1CCN(CC(=O)O)CCN(CC(=O)O)CCN(CC(=O)O)CC1. The number of hydrogen-bond donors (Lipinski definition) is 6. The molecule has 0 aromatic heterocycles. The van der Waals surface area contributed by atoms with Gasteiger partial charge in [0.2, 0.25) is 17.7 Å². The molecule has 0 aromatic carbocycles. The minimum absolute atomic E-state index is 0.00100. The molecule has 0 bridgehead atoms. The average Bonchev–Trinajstić information content (AvgIpc) is 2.91. The summed E-state index contributed by atoms with van der Waals surface area (Å²) in [5.41, 5.74) is 0. The maximum Gasteiger partial charge on any atom is 0.317 e. The predicted molar refractivity (Wildman–Crippen MR) is 149 cm³/mol. The van der Waals surface area contributed by atoms with Gasteiger partial charge in [0.05, 0.1) is 32.8 Å². The lowest BCUT2D eigenvalue weighted by molar-refractivity contribution is -0.140. The number of rotatable bonds is 16. The molecule has 1 heterocycles. The number of amides is 3. The van der Waals surface area contributed by atoms with Gasteiger partial charge in [0.25, 0.3) is 0 Å². The molecule has 17 heteroatoms. The molecule has 1 aliphatic rings. The summed E-state index contributed by atoms with van der Waals surface area (Å²) < 4.78 is 4.88. The van der Waals surface area contributed by atoms with Crippen molar-refractivity contribution in [2.24, 2.45) is 0 Å². The number of hydrogen-bond acceptors (Lipinski definition) is 11. The lowest BCUT2D eigenvalue weighted by atomic mass is 10.1. The summed E-state index contributed by atoms with van der Waals surface area (Å²) in [5.74, 6) is -4.40. The molecule has 240 valence electrons. The fraction of sp³-hybridized carbons (Fsp3) is 0.760. The molecule has 1 atom stereocenters. The van der Waals surface area contributed by atoms with Gasteiger partial charge in [0.1, 0.15) is 6.04 Å². The summed E-state index contributed by atoms with van der Waals surface area (Å²) >= 11 is 0. The number of methoxy groups -OCH3 is 1. The van der Waals surface area contributed by atoms with E-state index in [1.165, 1.54) is 14.2 Å². The van der Waals surface area contributed by atoms with Crippen LogP contribution in [0.3, 0.4) is 0 Å². The minimum atomic E-state index is -1.05. The van der Waals surface area contributed by atoms with E-state index >= 15 is 0 Å². The summed E-state index contributed by atoms with van der Waals surface area (Å²) in [7, 11) is 2.92.